The minimum Gasteiger partial charge on any atom is -0.353 e. The van der Waals surface area contributed by atoms with Crippen LogP contribution in [0.15, 0.2) is 39.5 Å². The van der Waals surface area contributed by atoms with Crippen LogP contribution in [-0.4, -0.2) is 37.5 Å². The van der Waals surface area contributed by atoms with Gasteiger partial charge in [-0.15, -0.1) is 15.3 Å². The van der Waals surface area contributed by atoms with Crippen LogP contribution in [-0.2, 0) is 11.2 Å². The number of carbonyl (C=O) groups is 1. The largest absolute Gasteiger partial charge is 0.353 e. The van der Waals surface area contributed by atoms with Crippen molar-refractivity contribution in [2.45, 2.75) is 42.5 Å². The van der Waals surface area contributed by atoms with E-state index in [0.717, 1.165) is 18.4 Å². The van der Waals surface area contributed by atoms with Crippen LogP contribution in [0.25, 0.3) is 4.96 Å². The second kappa shape index (κ2) is 8.18. The molecule has 3 aromatic rings. The lowest BCUT2D eigenvalue weighted by Gasteiger charge is -2.10. The molecule has 27 heavy (non-hydrogen) atoms. The summed E-state index contributed by atoms with van der Waals surface area (Å²) < 4.78 is 1.92. The molecule has 1 saturated carbocycles. The maximum Gasteiger partial charge on any atom is 0.297 e. The van der Waals surface area contributed by atoms with Crippen molar-refractivity contribution >= 4 is 34.0 Å². The van der Waals surface area contributed by atoms with Crippen LogP contribution in [0.2, 0.25) is 0 Å². The third-order valence-electron chi connectivity index (χ3n) is 4.50. The van der Waals surface area contributed by atoms with Crippen LogP contribution in [0.4, 0.5) is 0 Å². The SMILES string of the molecule is O=C(CSc1nn2c(=O)c(Cc3ccccc3)nnc2s1)NC1CCCC1. The second-order valence-corrected chi connectivity index (χ2v) is 8.69. The fourth-order valence-corrected chi connectivity index (χ4v) is 4.84. The molecular formula is C18H19N5O2S2. The normalized spacial score (nSPS) is 14.7. The number of amides is 1. The van der Waals surface area contributed by atoms with Crippen LogP contribution in [0.3, 0.4) is 0 Å². The van der Waals surface area contributed by atoms with Gasteiger partial charge in [0.15, 0.2) is 4.34 Å². The minimum atomic E-state index is -0.262. The van der Waals surface area contributed by atoms with E-state index in [-0.39, 0.29) is 17.2 Å². The smallest absolute Gasteiger partial charge is 0.297 e. The molecule has 2 aromatic heterocycles. The quantitative estimate of drug-likeness (QED) is 0.638. The van der Waals surface area contributed by atoms with Crippen LogP contribution >= 0.6 is 23.1 Å². The first kappa shape index (κ1) is 18.1. The average molecular weight is 402 g/mol. The van der Waals surface area contributed by atoms with Crippen LogP contribution in [0.5, 0.6) is 0 Å². The summed E-state index contributed by atoms with van der Waals surface area (Å²) in [4.78, 5) is 25.1. The van der Waals surface area contributed by atoms with Crippen molar-refractivity contribution in [2.24, 2.45) is 0 Å². The Morgan fingerprint density at radius 2 is 2.00 bits per heavy atom. The van der Waals surface area contributed by atoms with Crippen molar-refractivity contribution in [1.82, 2.24) is 25.1 Å². The number of hydrogen-bond donors (Lipinski definition) is 1. The topological polar surface area (TPSA) is 89.3 Å². The molecular weight excluding hydrogens is 382 g/mol. The molecule has 1 N–H and O–H groups in total. The molecule has 0 aliphatic heterocycles. The summed E-state index contributed by atoms with van der Waals surface area (Å²) in [7, 11) is 0. The van der Waals surface area contributed by atoms with Crippen LogP contribution < -0.4 is 10.9 Å². The number of nitrogens with one attached hydrogen (secondary N) is 1. The number of thioether (sulfide) groups is 1. The van der Waals surface area contributed by atoms with Gasteiger partial charge in [-0.05, 0) is 18.4 Å². The first-order chi connectivity index (χ1) is 13.2. The third-order valence-corrected chi connectivity index (χ3v) is 6.53. The van der Waals surface area contributed by atoms with E-state index < -0.39 is 0 Å². The minimum absolute atomic E-state index is 0.00866. The van der Waals surface area contributed by atoms with Gasteiger partial charge in [-0.25, -0.2) is 0 Å². The van der Waals surface area contributed by atoms with Crippen molar-refractivity contribution in [1.29, 1.82) is 0 Å². The first-order valence-electron chi connectivity index (χ1n) is 8.90. The van der Waals surface area contributed by atoms with Gasteiger partial charge in [0.05, 0.1) is 5.75 Å². The molecule has 0 radical (unpaired) electrons. The molecule has 9 heteroatoms. The van der Waals surface area contributed by atoms with E-state index in [1.165, 1.54) is 40.5 Å². The lowest BCUT2D eigenvalue weighted by Crippen LogP contribution is -2.33. The number of nitrogens with zero attached hydrogens (tertiary/aromatic N) is 4. The number of hydrogen-bond acceptors (Lipinski definition) is 7. The highest BCUT2D eigenvalue weighted by Crippen LogP contribution is 2.23. The lowest BCUT2D eigenvalue weighted by atomic mass is 10.1. The Morgan fingerprint density at radius 3 is 2.78 bits per heavy atom. The maximum atomic E-state index is 12.6. The highest BCUT2D eigenvalue weighted by molar-refractivity contribution is 8.01. The van der Waals surface area contributed by atoms with Gasteiger partial charge in [0.1, 0.15) is 5.69 Å². The molecule has 140 valence electrons. The Bertz CT molecular complexity index is 996. The van der Waals surface area contributed by atoms with E-state index in [9.17, 15) is 9.59 Å². The van der Waals surface area contributed by atoms with Crippen LogP contribution in [0, 0.1) is 0 Å². The van der Waals surface area contributed by atoms with Gasteiger partial charge in [0.2, 0.25) is 10.9 Å². The Kier molecular flexibility index (Phi) is 5.49. The summed E-state index contributed by atoms with van der Waals surface area (Å²) in [6.07, 6.45) is 4.91. The van der Waals surface area contributed by atoms with Crippen molar-refractivity contribution in [2.75, 3.05) is 5.75 Å². The summed E-state index contributed by atoms with van der Waals surface area (Å²) >= 11 is 2.60. The Labute approximate surface area is 164 Å². The zero-order chi connectivity index (χ0) is 18.6. The zero-order valence-electron chi connectivity index (χ0n) is 14.6. The van der Waals surface area contributed by atoms with E-state index >= 15 is 0 Å². The highest BCUT2D eigenvalue weighted by atomic mass is 32.2. The van der Waals surface area contributed by atoms with E-state index in [1.54, 1.807) is 0 Å². The van der Waals surface area contributed by atoms with Crippen molar-refractivity contribution < 1.29 is 4.79 Å². The lowest BCUT2D eigenvalue weighted by molar-refractivity contribution is -0.119. The molecule has 1 amide bonds. The van der Waals surface area contributed by atoms with Crippen molar-refractivity contribution in [3.8, 4) is 0 Å². The molecule has 1 aromatic carbocycles. The average Bonchev–Trinajstić information content (AvgIpc) is 3.33. The monoisotopic (exact) mass is 401 g/mol. The van der Waals surface area contributed by atoms with Gasteiger partial charge < -0.3 is 5.32 Å². The predicted octanol–water partition coefficient (Wildman–Crippen LogP) is 2.29. The molecule has 0 saturated heterocycles. The van der Waals surface area contributed by atoms with Gasteiger partial charge >= 0.3 is 0 Å². The summed E-state index contributed by atoms with van der Waals surface area (Å²) in [6, 6.07) is 9.98. The first-order valence-corrected chi connectivity index (χ1v) is 10.7. The molecule has 1 aliphatic carbocycles. The van der Waals surface area contributed by atoms with Crippen molar-refractivity contribution in [3.05, 3.63) is 51.9 Å². The highest BCUT2D eigenvalue weighted by Gasteiger charge is 2.18. The molecule has 2 heterocycles. The summed E-state index contributed by atoms with van der Waals surface area (Å²) in [6.45, 7) is 0. The van der Waals surface area contributed by atoms with Crippen molar-refractivity contribution in [3.63, 3.8) is 0 Å². The maximum absolute atomic E-state index is 12.6. The fraction of sp³-hybridized carbons (Fsp3) is 0.389. The molecule has 4 rings (SSSR count). The predicted molar refractivity (Wildman–Crippen MR) is 105 cm³/mol. The Balaban J connectivity index is 1.44. The standard InChI is InChI=1S/C18H19N5O2S2/c24-15(19-13-8-4-5-9-13)11-26-18-22-23-16(25)14(20-21-17(23)27-18)10-12-6-2-1-3-7-12/h1-3,6-7,13H,4-5,8-11H2,(H,19,24). The third kappa shape index (κ3) is 4.36. The molecule has 1 fully saturated rings. The summed E-state index contributed by atoms with van der Waals surface area (Å²) in [5, 5.41) is 15.6. The summed E-state index contributed by atoms with van der Waals surface area (Å²) in [5.74, 6) is 0.296. The summed E-state index contributed by atoms with van der Waals surface area (Å²) in [5.41, 5.74) is 1.10. The number of fused-ring (bicyclic) bond motifs is 1. The van der Waals surface area contributed by atoms with Crippen LogP contribution in [0.1, 0.15) is 36.9 Å². The molecule has 0 unspecified atom stereocenters. The fourth-order valence-electron chi connectivity index (χ4n) is 3.15. The molecule has 0 bridgehead atoms. The molecule has 0 spiro atoms. The van der Waals surface area contributed by atoms with E-state index in [2.05, 4.69) is 20.6 Å². The van der Waals surface area contributed by atoms with Gasteiger partial charge in [0.25, 0.3) is 5.56 Å². The van der Waals surface area contributed by atoms with E-state index in [4.69, 9.17) is 0 Å². The second-order valence-electron chi connectivity index (χ2n) is 6.51. The van der Waals surface area contributed by atoms with E-state index in [1.807, 2.05) is 30.3 Å². The van der Waals surface area contributed by atoms with Gasteiger partial charge in [-0.3, -0.25) is 9.59 Å². The number of carbonyl (C=O) groups excluding carboxylic acids is 1. The Morgan fingerprint density at radius 1 is 1.22 bits per heavy atom. The van der Waals surface area contributed by atoms with Gasteiger partial charge in [-0.1, -0.05) is 66.3 Å². The zero-order valence-corrected chi connectivity index (χ0v) is 16.3. The van der Waals surface area contributed by atoms with Gasteiger partial charge in [0, 0.05) is 12.5 Å². The molecule has 7 nitrogen and oxygen atoms in total. The van der Waals surface area contributed by atoms with Gasteiger partial charge in [-0.2, -0.15) is 4.52 Å². The van der Waals surface area contributed by atoms with E-state index in [0.29, 0.717) is 27.5 Å². The number of benzene rings is 1. The molecule has 0 atom stereocenters. The Hall–Kier alpha value is -2.26. The molecule has 1 aliphatic rings. The number of rotatable bonds is 6. The number of aromatic nitrogens is 4.